The van der Waals surface area contributed by atoms with E-state index in [4.69, 9.17) is 4.42 Å². The normalized spacial score (nSPS) is 21.0. The fourth-order valence-electron chi connectivity index (χ4n) is 4.41. The molecular weight excluding hydrogens is 445 g/mol. The van der Waals surface area contributed by atoms with Crippen LogP contribution >= 0.6 is 0 Å². The number of hydrogen-bond donors (Lipinski definition) is 0. The highest BCUT2D eigenvalue weighted by molar-refractivity contribution is 6.21. The molecule has 4 heterocycles. The smallest absolute Gasteiger partial charge is 0.333 e. The summed E-state index contributed by atoms with van der Waals surface area (Å²) in [4.78, 5) is 46.0. The van der Waals surface area contributed by atoms with Gasteiger partial charge in [0.1, 0.15) is 5.82 Å². The molecule has 2 fully saturated rings. The maximum atomic E-state index is 13.1. The summed E-state index contributed by atoms with van der Waals surface area (Å²) in [6, 6.07) is 4.61. The fourth-order valence-corrected chi connectivity index (χ4v) is 4.41. The number of likely N-dealkylation sites (tertiary alicyclic amines) is 1. The van der Waals surface area contributed by atoms with Crippen LogP contribution in [0.5, 0.6) is 0 Å². The lowest BCUT2D eigenvalue weighted by molar-refractivity contribution is -0.520. The van der Waals surface area contributed by atoms with Gasteiger partial charge in [-0.25, -0.2) is 13.8 Å². The first-order chi connectivity index (χ1) is 16.3. The molecular formula is C22H23FN7O4+. The summed E-state index contributed by atoms with van der Waals surface area (Å²) in [6.45, 7) is 1.01. The zero-order valence-corrected chi connectivity index (χ0v) is 18.7. The molecule has 4 amide bonds. The summed E-state index contributed by atoms with van der Waals surface area (Å²) in [5.74, 6) is 0.310. The lowest BCUT2D eigenvalue weighted by Crippen LogP contribution is -2.62. The van der Waals surface area contributed by atoms with E-state index in [0.717, 1.165) is 4.90 Å². The SMILES string of the molecule is CN1C(=O)C2C(=NC=[N+]2CC(=O)N2CCC(c3nnc(-c4ccc(F)cc4)o3)CC2)N(C)C1=O. The molecule has 34 heavy (non-hydrogen) atoms. The molecule has 2 saturated heterocycles. The second kappa shape index (κ2) is 8.43. The number of urea groups is 1. The number of amidine groups is 1. The van der Waals surface area contributed by atoms with Crippen molar-refractivity contribution in [1.82, 2.24) is 24.9 Å². The Labute approximate surface area is 194 Å². The predicted molar refractivity (Wildman–Crippen MR) is 117 cm³/mol. The number of benzene rings is 1. The van der Waals surface area contributed by atoms with Crippen molar-refractivity contribution in [3.8, 4) is 11.5 Å². The number of halogens is 1. The van der Waals surface area contributed by atoms with Gasteiger partial charge in [0.15, 0.2) is 6.54 Å². The van der Waals surface area contributed by atoms with Crippen LogP contribution in [0.2, 0.25) is 0 Å². The Morgan fingerprint density at radius 2 is 1.82 bits per heavy atom. The zero-order chi connectivity index (χ0) is 24.0. The van der Waals surface area contributed by atoms with Crippen LogP contribution in [-0.4, -0.2) is 99.3 Å². The first-order valence-corrected chi connectivity index (χ1v) is 10.9. The van der Waals surface area contributed by atoms with Gasteiger partial charge in [0.05, 0.1) is 0 Å². The average molecular weight is 468 g/mol. The van der Waals surface area contributed by atoms with Gasteiger partial charge >= 0.3 is 6.03 Å². The number of carbonyl (C=O) groups is 3. The molecule has 176 valence electrons. The number of piperidine rings is 1. The Balaban J connectivity index is 1.18. The molecule has 0 aliphatic carbocycles. The molecule has 0 saturated carbocycles. The minimum atomic E-state index is -0.780. The van der Waals surface area contributed by atoms with Crippen molar-refractivity contribution in [2.24, 2.45) is 4.99 Å². The zero-order valence-electron chi connectivity index (χ0n) is 18.7. The minimum Gasteiger partial charge on any atom is -0.420 e. The van der Waals surface area contributed by atoms with Crippen LogP contribution in [0, 0.1) is 5.82 Å². The highest BCUT2D eigenvalue weighted by atomic mass is 19.1. The number of fused-ring (bicyclic) bond motifs is 1. The number of imide groups is 1. The molecule has 0 spiro atoms. The van der Waals surface area contributed by atoms with Gasteiger partial charge in [-0.3, -0.25) is 19.4 Å². The highest BCUT2D eigenvalue weighted by Crippen LogP contribution is 2.29. The largest absolute Gasteiger partial charge is 0.420 e. The maximum absolute atomic E-state index is 13.1. The Morgan fingerprint density at radius 3 is 2.53 bits per heavy atom. The number of carbonyl (C=O) groups excluding carboxylic acids is 3. The van der Waals surface area contributed by atoms with Gasteiger partial charge in [0.2, 0.25) is 11.8 Å². The van der Waals surface area contributed by atoms with Gasteiger partial charge in [0, 0.05) is 38.7 Å². The molecule has 0 N–H and O–H groups in total. The molecule has 3 aliphatic rings. The number of aliphatic imine (C=N–C) groups is 1. The molecule has 0 radical (unpaired) electrons. The van der Waals surface area contributed by atoms with Crippen molar-refractivity contribution in [3.63, 3.8) is 0 Å². The first kappa shape index (κ1) is 21.9. The summed E-state index contributed by atoms with van der Waals surface area (Å²) in [5.41, 5.74) is 0.645. The van der Waals surface area contributed by atoms with Crippen LogP contribution in [0.4, 0.5) is 9.18 Å². The van der Waals surface area contributed by atoms with E-state index in [1.807, 2.05) is 0 Å². The Hall–Kier alpha value is -3.96. The molecule has 1 atom stereocenters. The molecule has 2 aromatic rings. The van der Waals surface area contributed by atoms with Gasteiger partial charge in [0.25, 0.3) is 30.0 Å². The lowest BCUT2D eigenvalue weighted by atomic mass is 9.97. The first-order valence-electron chi connectivity index (χ1n) is 10.9. The van der Waals surface area contributed by atoms with Crippen molar-refractivity contribution < 1.29 is 27.8 Å². The van der Waals surface area contributed by atoms with Gasteiger partial charge in [-0.2, -0.15) is 0 Å². The molecule has 5 rings (SSSR count). The van der Waals surface area contributed by atoms with Crippen molar-refractivity contribution in [1.29, 1.82) is 0 Å². The van der Waals surface area contributed by atoms with E-state index in [1.165, 1.54) is 30.4 Å². The van der Waals surface area contributed by atoms with E-state index in [2.05, 4.69) is 15.2 Å². The van der Waals surface area contributed by atoms with Crippen molar-refractivity contribution in [2.45, 2.75) is 24.8 Å². The summed E-state index contributed by atoms with van der Waals surface area (Å²) < 4.78 is 20.5. The second-order valence-corrected chi connectivity index (χ2v) is 8.52. The number of nitrogens with zero attached hydrogens (tertiary/aromatic N) is 7. The third-order valence-corrected chi connectivity index (χ3v) is 6.44. The van der Waals surface area contributed by atoms with E-state index in [-0.39, 0.29) is 24.2 Å². The molecule has 1 aromatic heterocycles. The van der Waals surface area contributed by atoms with E-state index in [1.54, 1.807) is 28.7 Å². The van der Waals surface area contributed by atoms with Gasteiger partial charge in [-0.15, -0.1) is 10.2 Å². The van der Waals surface area contributed by atoms with E-state index >= 15 is 0 Å². The molecule has 12 heteroatoms. The van der Waals surface area contributed by atoms with E-state index < -0.39 is 18.0 Å². The fraction of sp³-hybridized carbons (Fsp3) is 0.409. The summed E-state index contributed by atoms with van der Waals surface area (Å²) in [7, 11) is 2.97. The average Bonchev–Trinajstić information content (AvgIpc) is 3.50. The monoisotopic (exact) mass is 468 g/mol. The third kappa shape index (κ3) is 3.74. The molecule has 0 bridgehead atoms. The van der Waals surface area contributed by atoms with E-state index in [9.17, 15) is 18.8 Å². The van der Waals surface area contributed by atoms with Crippen molar-refractivity contribution >= 4 is 30.0 Å². The van der Waals surface area contributed by atoms with Crippen molar-refractivity contribution in [2.75, 3.05) is 33.7 Å². The maximum Gasteiger partial charge on any atom is 0.333 e. The quantitative estimate of drug-likeness (QED) is 0.617. The molecule has 1 aromatic carbocycles. The number of aromatic nitrogens is 2. The van der Waals surface area contributed by atoms with Crippen LogP contribution in [0.1, 0.15) is 24.7 Å². The minimum absolute atomic E-state index is 0.0147. The van der Waals surface area contributed by atoms with E-state index in [0.29, 0.717) is 49.1 Å². The van der Waals surface area contributed by atoms with Crippen LogP contribution in [0.25, 0.3) is 11.5 Å². The van der Waals surface area contributed by atoms with Gasteiger partial charge in [-0.05, 0) is 42.1 Å². The topological polar surface area (TPSA) is 115 Å². The number of rotatable bonds is 4. The predicted octanol–water partition coefficient (Wildman–Crippen LogP) is 0.927. The summed E-state index contributed by atoms with van der Waals surface area (Å²) >= 11 is 0. The highest BCUT2D eigenvalue weighted by Gasteiger charge is 2.51. The summed E-state index contributed by atoms with van der Waals surface area (Å²) in [5, 5.41) is 8.22. The lowest BCUT2D eigenvalue weighted by Gasteiger charge is -2.32. The summed E-state index contributed by atoms with van der Waals surface area (Å²) in [6.07, 6.45) is 2.76. The standard InChI is InChI=1S/C22H23FN7O4/c1-27-18-17(21(32)28(2)22(27)33)30(12-24-18)11-16(31)29-9-7-14(8-10-29)20-26-25-19(34-20)13-3-5-15(23)6-4-13/h3-6,12,14,17H,7-11H2,1-2H3/q+1. The molecule has 3 aliphatic heterocycles. The van der Waals surface area contributed by atoms with Crippen LogP contribution < -0.4 is 0 Å². The van der Waals surface area contributed by atoms with Crippen molar-refractivity contribution in [3.05, 3.63) is 36.0 Å². The van der Waals surface area contributed by atoms with Crippen LogP contribution in [0.15, 0.2) is 33.7 Å². The Kier molecular flexibility index (Phi) is 5.42. The Morgan fingerprint density at radius 1 is 1.12 bits per heavy atom. The third-order valence-electron chi connectivity index (χ3n) is 6.44. The number of hydrogen-bond acceptors (Lipinski definition) is 7. The van der Waals surface area contributed by atoms with Gasteiger partial charge in [-0.1, -0.05) is 0 Å². The van der Waals surface area contributed by atoms with Crippen LogP contribution in [-0.2, 0) is 9.59 Å². The molecule has 1 unspecified atom stereocenters. The number of amides is 4. The molecule has 11 nitrogen and oxygen atoms in total. The second-order valence-electron chi connectivity index (χ2n) is 8.52. The van der Waals surface area contributed by atoms with Crippen LogP contribution in [0.3, 0.4) is 0 Å². The number of likely N-dealkylation sites (N-methyl/N-ethyl adjacent to an activating group) is 2. The van der Waals surface area contributed by atoms with Gasteiger partial charge < -0.3 is 9.32 Å². The Bertz CT molecular complexity index is 1210.